The van der Waals surface area contributed by atoms with E-state index in [0.717, 1.165) is 12.8 Å². The lowest BCUT2D eigenvalue weighted by Gasteiger charge is -2.40. The van der Waals surface area contributed by atoms with Gasteiger partial charge in [0, 0.05) is 14.1 Å². The van der Waals surface area contributed by atoms with Gasteiger partial charge in [-0.2, -0.15) is 0 Å². The summed E-state index contributed by atoms with van der Waals surface area (Å²) in [5, 5.41) is 0. The van der Waals surface area contributed by atoms with E-state index in [1.165, 1.54) is 0 Å². The highest BCUT2D eigenvalue weighted by atomic mass is 16.1. The van der Waals surface area contributed by atoms with Crippen LogP contribution in [0.15, 0.2) is 4.99 Å². The molecule has 0 heterocycles. The third-order valence-corrected chi connectivity index (χ3v) is 2.37. The molecular weight excluding hydrogens is 166 g/mol. The average Bonchev–Trinajstić information content (AvgIpc) is 1.94. The summed E-state index contributed by atoms with van der Waals surface area (Å²) in [7, 11) is 3.75. The van der Waals surface area contributed by atoms with Crippen molar-refractivity contribution in [2.75, 3.05) is 14.1 Å². The number of aliphatic imine (C=N–C) groups is 1. The van der Waals surface area contributed by atoms with Gasteiger partial charge in [0.2, 0.25) is 5.91 Å². The molecule has 0 radical (unpaired) electrons. The number of nitrogens with zero attached hydrogens (tertiary/aromatic N) is 2. The van der Waals surface area contributed by atoms with Crippen molar-refractivity contribution in [1.82, 2.24) is 4.90 Å². The number of amides is 1. The monoisotopic (exact) mass is 183 g/mol. The second-order valence-corrected chi connectivity index (χ2v) is 4.12. The Balaban J connectivity index is 2.66. The van der Waals surface area contributed by atoms with Gasteiger partial charge in [-0.25, -0.2) is 0 Å². The van der Waals surface area contributed by atoms with E-state index >= 15 is 0 Å². The van der Waals surface area contributed by atoms with Gasteiger partial charge in [-0.3, -0.25) is 9.79 Å². The van der Waals surface area contributed by atoms with Gasteiger partial charge in [-0.05, 0) is 18.8 Å². The summed E-state index contributed by atoms with van der Waals surface area (Å²) in [6, 6.07) is 0. The fourth-order valence-electron chi connectivity index (χ4n) is 1.69. The number of carbonyl (C=O) groups excluding carboxylic acids is 1. The molecule has 0 aromatic rings. The molecular formula is C9H17N3O. The van der Waals surface area contributed by atoms with E-state index in [9.17, 15) is 4.79 Å². The maximum absolute atomic E-state index is 11.2. The van der Waals surface area contributed by atoms with Crippen LogP contribution in [0, 0.1) is 5.92 Å². The van der Waals surface area contributed by atoms with E-state index in [2.05, 4.69) is 11.9 Å². The summed E-state index contributed by atoms with van der Waals surface area (Å²) in [6.45, 7) is 2.10. The van der Waals surface area contributed by atoms with E-state index in [4.69, 9.17) is 5.73 Å². The van der Waals surface area contributed by atoms with E-state index in [1.807, 2.05) is 19.0 Å². The molecule has 0 unspecified atom stereocenters. The predicted molar refractivity (Wildman–Crippen MR) is 52.5 cm³/mol. The fourth-order valence-corrected chi connectivity index (χ4v) is 1.69. The zero-order valence-electron chi connectivity index (χ0n) is 8.45. The van der Waals surface area contributed by atoms with E-state index in [1.54, 1.807) is 6.34 Å². The molecule has 4 nitrogen and oxygen atoms in total. The molecule has 0 aliphatic heterocycles. The first-order valence-electron chi connectivity index (χ1n) is 4.48. The van der Waals surface area contributed by atoms with Crippen molar-refractivity contribution in [2.24, 2.45) is 16.6 Å². The molecule has 4 heteroatoms. The van der Waals surface area contributed by atoms with Crippen molar-refractivity contribution >= 4 is 12.2 Å². The van der Waals surface area contributed by atoms with Crippen LogP contribution >= 0.6 is 0 Å². The van der Waals surface area contributed by atoms with Gasteiger partial charge < -0.3 is 10.6 Å². The van der Waals surface area contributed by atoms with Crippen LogP contribution < -0.4 is 5.73 Å². The third-order valence-electron chi connectivity index (χ3n) is 2.37. The Morgan fingerprint density at radius 2 is 2.15 bits per heavy atom. The fraction of sp³-hybridized carbons (Fsp3) is 0.778. The van der Waals surface area contributed by atoms with Gasteiger partial charge in [-0.15, -0.1) is 0 Å². The van der Waals surface area contributed by atoms with Gasteiger partial charge in [-0.1, -0.05) is 6.92 Å². The molecule has 0 aromatic heterocycles. The lowest BCUT2D eigenvalue weighted by molar-refractivity contribution is -0.127. The highest BCUT2D eigenvalue weighted by Gasteiger charge is 2.46. The van der Waals surface area contributed by atoms with Crippen LogP contribution in [0.3, 0.4) is 0 Å². The lowest BCUT2D eigenvalue weighted by Crippen LogP contribution is -2.52. The van der Waals surface area contributed by atoms with Gasteiger partial charge in [0.1, 0.15) is 5.54 Å². The van der Waals surface area contributed by atoms with Crippen molar-refractivity contribution in [2.45, 2.75) is 25.3 Å². The molecule has 0 atom stereocenters. The van der Waals surface area contributed by atoms with E-state index < -0.39 is 5.54 Å². The molecule has 1 rings (SSSR count). The molecule has 0 spiro atoms. The third kappa shape index (κ3) is 1.99. The van der Waals surface area contributed by atoms with Crippen molar-refractivity contribution in [3.05, 3.63) is 0 Å². The number of nitrogens with two attached hydrogens (primary N) is 1. The summed E-state index contributed by atoms with van der Waals surface area (Å²) in [5.74, 6) is 0.260. The van der Waals surface area contributed by atoms with Crippen molar-refractivity contribution < 1.29 is 4.79 Å². The predicted octanol–water partition coefficient (Wildman–Crippen LogP) is 0.230. The van der Waals surface area contributed by atoms with Crippen molar-refractivity contribution in [1.29, 1.82) is 0 Å². The second kappa shape index (κ2) is 3.36. The molecule has 74 valence electrons. The number of carbonyl (C=O) groups is 1. The quantitative estimate of drug-likeness (QED) is 0.503. The minimum atomic E-state index is -0.607. The molecule has 13 heavy (non-hydrogen) atoms. The molecule has 1 amide bonds. The van der Waals surface area contributed by atoms with Crippen LogP contribution in [-0.4, -0.2) is 36.8 Å². The summed E-state index contributed by atoms with van der Waals surface area (Å²) in [5.41, 5.74) is 4.70. The normalized spacial score (nSPS) is 33.0. The molecule has 0 aromatic carbocycles. The Bertz CT molecular complexity index is 229. The molecule has 1 aliphatic carbocycles. The smallest absolute Gasteiger partial charge is 0.245 e. The first-order valence-corrected chi connectivity index (χ1v) is 4.48. The zero-order valence-corrected chi connectivity index (χ0v) is 8.45. The molecule has 2 N–H and O–H groups in total. The number of hydrogen-bond acceptors (Lipinski definition) is 2. The number of primary amides is 1. The Morgan fingerprint density at radius 3 is 2.46 bits per heavy atom. The van der Waals surface area contributed by atoms with E-state index in [-0.39, 0.29) is 5.91 Å². The van der Waals surface area contributed by atoms with E-state index in [0.29, 0.717) is 5.92 Å². The van der Waals surface area contributed by atoms with Crippen LogP contribution in [0.5, 0.6) is 0 Å². The van der Waals surface area contributed by atoms with Gasteiger partial charge in [0.15, 0.2) is 0 Å². The lowest BCUT2D eigenvalue weighted by atomic mass is 9.69. The largest absolute Gasteiger partial charge is 0.369 e. The van der Waals surface area contributed by atoms with Crippen LogP contribution in [-0.2, 0) is 4.79 Å². The highest BCUT2D eigenvalue weighted by molar-refractivity contribution is 5.87. The van der Waals surface area contributed by atoms with Gasteiger partial charge >= 0.3 is 0 Å². The summed E-state index contributed by atoms with van der Waals surface area (Å²) >= 11 is 0. The Hall–Kier alpha value is -1.06. The topological polar surface area (TPSA) is 58.7 Å². The minimum absolute atomic E-state index is 0.302. The Kier molecular flexibility index (Phi) is 2.59. The average molecular weight is 183 g/mol. The molecule has 1 fully saturated rings. The van der Waals surface area contributed by atoms with Crippen molar-refractivity contribution in [3.8, 4) is 0 Å². The SMILES string of the molecule is CC1CC(N=CN(C)C)(C(N)=O)C1. The molecule has 1 aliphatic rings. The van der Waals surface area contributed by atoms with Crippen LogP contribution in [0.2, 0.25) is 0 Å². The summed E-state index contributed by atoms with van der Waals surface area (Å²) < 4.78 is 0. The number of hydrogen-bond donors (Lipinski definition) is 1. The first kappa shape index (κ1) is 10.0. The second-order valence-electron chi connectivity index (χ2n) is 4.12. The maximum atomic E-state index is 11.2. The molecule has 1 saturated carbocycles. The zero-order chi connectivity index (χ0) is 10.1. The van der Waals surface area contributed by atoms with Crippen LogP contribution in [0.25, 0.3) is 0 Å². The minimum Gasteiger partial charge on any atom is -0.369 e. The van der Waals surface area contributed by atoms with Crippen LogP contribution in [0.4, 0.5) is 0 Å². The Morgan fingerprint density at radius 1 is 1.62 bits per heavy atom. The van der Waals surface area contributed by atoms with Crippen molar-refractivity contribution in [3.63, 3.8) is 0 Å². The van der Waals surface area contributed by atoms with Gasteiger partial charge in [0.05, 0.1) is 6.34 Å². The first-order chi connectivity index (χ1) is 5.96. The van der Waals surface area contributed by atoms with Crippen LogP contribution in [0.1, 0.15) is 19.8 Å². The maximum Gasteiger partial charge on any atom is 0.245 e. The summed E-state index contributed by atoms with van der Waals surface area (Å²) in [4.78, 5) is 17.2. The standard InChI is InChI=1S/C9H17N3O/c1-7-4-9(5-7,8(10)13)11-6-12(2)3/h6-7H,4-5H2,1-3H3,(H2,10,13). The number of rotatable bonds is 3. The molecule has 0 bridgehead atoms. The summed E-state index contributed by atoms with van der Waals surface area (Å²) in [6.07, 6.45) is 3.23. The molecule has 0 saturated heterocycles. The van der Waals surface area contributed by atoms with Gasteiger partial charge in [0.25, 0.3) is 0 Å². The highest BCUT2D eigenvalue weighted by Crippen LogP contribution is 2.40. The Labute approximate surface area is 78.8 Å².